The minimum Gasteiger partial charge on any atom is -0.379 e. The SMILES string of the molecule is Cc1cnc(C(=O)NCC(c2cccnc2)N2CCOCC2)cn1. The van der Waals surface area contributed by atoms with Crippen LogP contribution in [0.3, 0.4) is 0 Å². The van der Waals surface area contributed by atoms with Crippen molar-refractivity contribution < 1.29 is 9.53 Å². The highest BCUT2D eigenvalue weighted by Gasteiger charge is 2.23. The van der Waals surface area contributed by atoms with Crippen LogP contribution in [0.4, 0.5) is 0 Å². The van der Waals surface area contributed by atoms with Crippen molar-refractivity contribution in [3.63, 3.8) is 0 Å². The molecule has 0 radical (unpaired) electrons. The smallest absolute Gasteiger partial charge is 0.271 e. The summed E-state index contributed by atoms with van der Waals surface area (Å²) >= 11 is 0. The molecule has 1 aliphatic rings. The molecule has 7 nitrogen and oxygen atoms in total. The molecule has 3 rings (SSSR count). The van der Waals surface area contributed by atoms with Gasteiger partial charge in [0.25, 0.3) is 5.91 Å². The zero-order valence-electron chi connectivity index (χ0n) is 13.7. The molecule has 24 heavy (non-hydrogen) atoms. The molecule has 1 atom stereocenters. The first-order valence-electron chi connectivity index (χ1n) is 8.02. The number of hydrogen-bond donors (Lipinski definition) is 1. The van der Waals surface area contributed by atoms with E-state index in [4.69, 9.17) is 4.74 Å². The van der Waals surface area contributed by atoms with Gasteiger partial charge in [0.2, 0.25) is 0 Å². The Morgan fingerprint density at radius 2 is 2.12 bits per heavy atom. The van der Waals surface area contributed by atoms with Crippen molar-refractivity contribution >= 4 is 5.91 Å². The number of aryl methyl sites for hydroxylation is 1. The number of nitrogens with one attached hydrogen (secondary N) is 1. The highest BCUT2D eigenvalue weighted by molar-refractivity contribution is 5.91. The monoisotopic (exact) mass is 327 g/mol. The molecule has 1 aliphatic heterocycles. The molecule has 2 aromatic rings. The lowest BCUT2D eigenvalue weighted by molar-refractivity contribution is 0.0161. The summed E-state index contributed by atoms with van der Waals surface area (Å²) in [6.07, 6.45) is 6.69. The van der Waals surface area contributed by atoms with Crippen LogP contribution in [0.25, 0.3) is 0 Å². The quantitative estimate of drug-likeness (QED) is 0.882. The molecular formula is C17H21N5O2. The standard InChI is InChI=1S/C17H21N5O2/c1-13-9-20-15(11-19-13)17(23)21-12-16(14-3-2-4-18-10-14)22-5-7-24-8-6-22/h2-4,9-11,16H,5-8,12H2,1H3,(H,21,23). The zero-order chi connectivity index (χ0) is 16.8. The lowest BCUT2D eigenvalue weighted by atomic mass is 10.1. The first-order valence-corrected chi connectivity index (χ1v) is 8.02. The fourth-order valence-corrected chi connectivity index (χ4v) is 2.71. The molecule has 0 aliphatic carbocycles. The summed E-state index contributed by atoms with van der Waals surface area (Å²) in [6, 6.07) is 4.01. The van der Waals surface area contributed by atoms with Crippen molar-refractivity contribution in [2.75, 3.05) is 32.8 Å². The third kappa shape index (κ3) is 4.12. The van der Waals surface area contributed by atoms with Crippen molar-refractivity contribution in [1.82, 2.24) is 25.2 Å². The number of amides is 1. The third-order valence-electron chi connectivity index (χ3n) is 4.03. The summed E-state index contributed by atoms with van der Waals surface area (Å²) in [7, 11) is 0. The first kappa shape index (κ1) is 16.5. The lowest BCUT2D eigenvalue weighted by Crippen LogP contribution is -2.44. The fourth-order valence-electron chi connectivity index (χ4n) is 2.71. The molecule has 1 unspecified atom stereocenters. The van der Waals surface area contributed by atoms with Gasteiger partial charge in [-0.1, -0.05) is 6.07 Å². The van der Waals surface area contributed by atoms with E-state index in [-0.39, 0.29) is 11.9 Å². The van der Waals surface area contributed by atoms with E-state index in [0.717, 1.165) is 24.3 Å². The second kappa shape index (κ2) is 7.94. The Morgan fingerprint density at radius 1 is 1.29 bits per heavy atom. The Balaban J connectivity index is 1.69. The topological polar surface area (TPSA) is 80.2 Å². The fraction of sp³-hybridized carbons (Fsp3) is 0.412. The number of carbonyl (C=O) groups excluding carboxylic acids is 1. The van der Waals surface area contributed by atoms with Gasteiger partial charge in [-0.3, -0.25) is 19.7 Å². The maximum Gasteiger partial charge on any atom is 0.271 e. The van der Waals surface area contributed by atoms with Crippen LogP contribution in [0.2, 0.25) is 0 Å². The van der Waals surface area contributed by atoms with Crippen molar-refractivity contribution in [2.45, 2.75) is 13.0 Å². The van der Waals surface area contributed by atoms with Gasteiger partial charge >= 0.3 is 0 Å². The molecule has 3 heterocycles. The molecule has 2 aromatic heterocycles. The molecule has 1 saturated heterocycles. The molecule has 126 valence electrons. The van der Waals surface area contributed by atoms with Gasteiger partial charge in [-0.15, -0.1) is 0 Å². The highest BCUT2D eigenvalue weighted by Crippen LogP contribution is 2.20. The Kier molecular flexibility index (Phi) is 5.45. The number of pyridine rings is 1. The van der Waals surface area contributed by atoms with Crippen LogP contribution in [0.15, 0.2) is 36.9 Å². The van der Waals surface area contributed by atoms with Crippen molar-refractivity contribution in [3.05, 3.63) is 53.9 Å². The van der Waals surface area contributed by atoms with Crippen molar-refractivity contribution in [3.8, 4) is 0 Å². The molecule has 1 N–H and O–H groups in total. The Labute approximate surface area is 141 Å². The zero-order valence-corrected chi connectivity index (χ0v) is 13.7. The maximum absolute atomic E-state index is 12.3. The minimum atomic E-state index is -0.218. The van der Waals surface area contributed by atoms with Crippen molar-refractivity contribution in [1.29, 1.82) is 0 Å². The van der Waals surface area contributed by atoms with Crippen LogP contribution in [0.5, 0.6) is 0 Å². The molecule has 0 bridgehead atoms. The highest BCUT2D eigenvalue weighted by atomic mass is 16.5. The van der Waals surface area contributed by atoms with E-state index < -0.39 is 0 Å². The van der Waals surface area contributed by atoms with E-state index in [0.29, 0.717) is 25.5 Å². The van der Waals surface area contributed by atoms with Gasteiger partial charge in [0.15, 0.2) is 0 Å². The van der Waals surface area contributed by atoms with Gasteiger partial charge in [-0.2, -0.15) is 0 Å². The van der Waals surface area contributed by atoms with E-state index in [1.54, 1.807) is 12.4 Å². The van der Waals surface area contributed by atoms with Gasteiger partial charge in [0.05, 0.1) is 31.1 Å². The van der Waals surface area contributed by atoms with Crippen LogP contribution < -0.4 is 5.32 Å². The maximum atomic E-state index is 12.3. The van der Waals surface area contributed by atoms with Gasteiger partial charge in [0.1, 0.15) is 5.69 Å². The normalized spacial score (nSPS) is 16.5. The average molecular weight is 327 g/mol. The number of aromatic nitrogens is 3. The van der Waals surface area contributed by atoms with Crippen LogP contribution >= 0.6 is 0 Å². The van der Waals surface area contributed by atoms with Crippen LogP contribution in [0, 0.1) is 6.92 Å². The predicted octanol–water partition coefficient (Wildman–Crippen LogP) is 0.983. The molecular weight excluding hydrogens is 306 g/mol. The molecule has 0 saturated carbocycles. The van der Waals surface area contributed by atoms with E-state index in [1.807, 2.05) is 25.3 Å². The van der Waals surface area contributed by atoms with E-state index in [1.165, 1.54) is 6.20 Å². The minimum absolute atomic E-state index is 0.0601. The largest absolute Gasteiger partial charge is 0.379 e. The number of rotatable bonds is 5. The molecule has 1 amide bonds. The summed E-state index contributed by atoms with van der Waals surface area (Å²) in [6.45, 7) is 5.40. The predicted molar refractivity (Wildman–Crippen MR) is 88.5 cm³/mol. The lowest BCUT2D eigenvalue weighted by Gasteiger charge is -2.34. The Bertz CT molecular complexity index is 656. The van der Waals surface area contributed by atoms with Gasteiger partial charge < -0.3 is 10.1 Å². The van der Waals surface area contributed by atoms with E-state index in [2.05, 4.69) is 25.2 Å². The van der Waals surface area contributed by atoms with Gasteiger partial charge in [0, 0.05) is 38.2 Å². The summed E-state index contributed by atoms with van der Waals surface area (Å²) in [4.78, 5) is 27.0. The van der Waals surface area contributed by atoms with Gasteiger partial charge in [-0.25, -0.2) is 4.98 Å². The summed E-state index contributed by atoms with van der Waals surface area (Å²) < 4.78 is 5.43. The molecule has 0 aromatic carbocycles. The second-order valence-corrected chi connectivity index (χ2v) is 5.70. The van der Waals surface area contributed by atoms with Crippen molar-refractivity contribution in [2.24, 2.45) is 0 Å². The Morgan fingerprint density at radius 3 is 2.79 bits per heavy atom. The average Bonchev–Trinajstić information content (AvgIpc) is 2.64. The first-order chi connectivity index (χ1) is 11.7. The molecule has 0 spiro atoms. The van der Waals surface area contributed by atoms with E-state index >= 15 is 0 Å². The molecule has 7 heteroatoms. The van der Waals surface area contributed by atoms with Crippen LogP contribution in [-0.2, 0) is 4.74 Å². The van der Waals surface area contributed by atoms with Gasteiger partial charge in [-0.05, 0) is 18.6 Å². The second-order valence-electron chi connectivity index (χ2n) is 5.70. The summed E-state index contributed by atoms with van der Waals surface area (Å²) in [5.41, 5.74) is 2.19. The van der Waals surface area contributed by atoms with Crippen LogP contribution in [0.1, 0.15) is 27.8 Å². The molecule has 1 fully saturated rings. The number of morpholine rings is 1. The van der Waals surface area contributed by atoms with Crippen LogP contribution in [-0.4, -0.2) is 58.6 Å². The van der Waals surface area contributed by atoms with E-state index in [9.17, 15) is 4.79 Å². The summed E-state index contributed by atoms with van der Waals surface area (Å²) in [5, 5.41) is 2.96. The summed E-state index contributed by atoms with van der Waals surface area (Å²) in [5.74, 6) is -0.218. The Hall–Kier alpha value is -2.38. The number of ether oxygens (including phenoxy) is 1. The number of carbonyl (C=O) groups is 1. The number of nitrogens with zero attached hydrogens (tertiary/aromatic N) is 4. The third-order valence-corrected chi connectivity index (χ3v) is 4.03. The number of hydrogen-bond acceptors (Lipinski definition) is 6.